The number of carbonyl (C=O) groups is 1. The highest BCUT2D eigenvalue weighted by Crippen LogP contribution is 2.28. The minimum absolute atomic E-state index is 0.106. The number of nitrogens with one attached hydrogen (secondary N) is 4. The summed E-state index contributed by atoms with van der Waals surface area (Å²) in [5.74, 6) is 1.27. The zero-order valence-electron chi connectivity index (χ0n) is 22.3. The number of guanidine groups is 1. The van der Waals surface area contributed by atoms with Gasteiger partial charge in [-0.2, -0.15) is 0 Å². The van der Waals surface area contributed by atoms with E-state index in [1.807, 2.05) is 60.1 Å². The van der Waals surface area contributed by atoms with Crippen molar-refractivity contribution in [3.63, 3.8) is 0 Å². The van der Waals surface area contributed by atoms with Crippen LogP contribution in [0.4, 0.5) is 5.69 Å². The van der Waals surface area contributed by atoms with Crippen LogP contribution in [-0.2, 0) is 13.5 Å². The first kappa shape index (κ1) is 25.1. The van der Waals surface area contributed by atoms with Crippen LogP contribution in [0, 0.1) is 5.41 Å². The quantitative estimate of drug-likeness (QED) is 0.146. The Balaban J connectivity index is 1.19. The number of H-pyrrole nitrogens is 1. The smallest absolute Gasteiger partial charge is 0.251 e. The van der Waals surface area contributed by atoms with Crippen LogP contribution >= 0.6 is 0 Å². The van der Waals surface area contributed by atoms with Crippen LogP contribution in [0.5, 0.6) is 0 Å². The SMILES string of the molecule is CC(c1nc2cc(NC(=N)N)ccc2[nH]1)c1nc2ccc(C(=O)NCCc3cccc4ccccc34)cc2n1C. The largest absolute Gasteiger partial charge is 0.370 e. The molecule has 9 heteroatoms. The van der Waals surface area contributed by atoms with Crippen LogP contribution in [0.15, 0.2) is 78.9 Å². The summed E-state index contributed by atoms with van der Waals surface area (Å²) in [5, 5.41) is 15.7. The van der Waals surface area contributed by atoms with Crippen LogP contribution < -0.4 is 16.4 Å². The van der Waals surface area contributed by atoms with E-state index in [0.717, 1.165) is 40.1 Å². The van der Waals surface area contributed by atoms with Crippen molar-refractivity contribution in [1.29, 1.82) is 5.41 Å². The number of hydrogen-bond donors (Lipinski definition) is 5. The van der Waals surface area contributed by atoms with Gasteiger partial charge in [0.15, 0.2) is 5.96 Å². The Hall–Kier alpha value is -5.18. The van der Waals surface area contributed by atoms with E-state index in [2.05, 4.69) is 52.9 Å². The lowest BCUT2D eigenvalue weighted by molar-refractivity contribution is 0.0954. The minimum Gasteiger partial charge on any atom is -0.370 e. The molecule has 2 aromatic heterocycles. The van der Waals surface area contributed by atoms with Gasteiger partial charge in [0, 0.05) is 24.8 Å². The number of aromatic amines is 1. The highest BCUT2D eigenvalue weighted by Gasteiger charge is 2.20. The number of fused-ring (bicyclic) bond motifs is 3. The summed E-state index contributed by atoms with van der Waals surface area (Å²) in [6.45, 7) is 2.60. The maximum Gasteiger partial charge on any atom is 0.251 e. The molecular weight excluding hydrogens is 500 g/mol. The van der Waals surface area contributed by atoms with Gasteiger partial charge in [0.25, 0.3) is 5.91 Å². The number of imidazole rings is 2. The van der Waals surface area contributed by atoms with Crippen molar-refractivity contribution in [2.24, 2.45) is 12.8 Å². The number of benzene rings is 4. The van der Waals surface area contributed by atoms with E-state index in [-0.39, 0.29) is 17.8 Å². The van der Waals surface area contributed by atoms with Gasteiger partial charge >= 0.3 is 0 Å². The van der Waals surface area contributed by atoms with Crippen LogP contribution in [0.2, 0.25) is 0 Å². The molecule has 2 heterocycles. The zero-order valence-corrected chi connectivity index (χ0v) is 22.3. The topological polar surface area (TPSA) is 138 Å². The molecule has 6 rings (SSSR count). The number of rotatable bonds is 7. The van der Waals surface area contributed by atoms with E-state index in [4.69, 9.17) is 21.1 Å². The van der Waals surface area contributed by atoms with Crippen molar-refractivity contribution in [3.05, 3.63) is 102 Å². The molecule has 6 aromatic rings. The second-order valence-electron chi connectivity index (χ2n) is 9.99. The molecule has 0 saturated carbocycles. The molecule has 0 aliphatic rings. The van der Waals surface area contributed by atoms with Gasteiger partial charge in [-0.1, -0.05) is 42.5 Å². The number of hydrogen-bond acceptors (Lipinski definition) is 4. The molecular formula is C31H30N8O. The molecule has 0 saturated heterocycles. The van der Waals surface area contributed by atoms with Gasteiger partial charge < -0.3 is 25.9 Å². The maximum absolute atomic E-state index is 13.0. The monoisotopic (exact) mass is 530 g/mol. The van der Waals surface area contributed by atoms with Crippen molar-refractivity contribution >= 4 is 50.4 Å². The van der Waals surface area contributed by atoms with Gasteiger partial charge in [-0.3, -0.25) is 10.2 Å². The predicted molar refractivity (Wildman–Crippen MR) is 160 cm³/mol. The van der Waals surface area contributed by atoms with E-state index in [1.165, 1.54) is 16.3 Å². The average Bonchev–Trinajstić information content (AvgIpc) is 3.53. The maximum atomic E-state index is 13.0. The van der Waals surface area contributed by atoms with Crippen LogP contribution in [0.25, 0.3) is 32.8 Å². The minimum atomic E-state index is -0.124. The summed E-state index contributed by atoms with van der Waals surface area (Å²) in [7, 11) is 1.96. The van der Waals surface area contributed by atoms with Gasteiger partial charge in [-0.05, 0) is 66.1 Å². The third-order valence-electron chi connectivity index (χ3n) is 7.32. The van der Waals surface area contributed by atoms with E-state index < -0.39 is 0 Å². The molecule has 4 aromatic carbocycles. The molecule has 1 unspecified atom stereocenters. The van der Waals surface area contributed by atoms with Gasteiger partial charge in [0.05, 0.1) is 28.0 Å². The van der Waals surface area contributed by atoms with Gasteiger partial charge in [-0.15, -0.1) is 0 Å². The van der Waals surface area contributed by atoms with Crippen LogP contribution in [0.3, 0.4) is 0 Å². The Bertz CT molecular complexity index is 1900. The van der Waals surface area contributed by atoms with Crippen molar-refractivity contribution in [2.45, 2.75) is 19.3 Å². The third-order valence-corrected chi connectivity index (χ3v) is 7.32. The molecule has 0 aliphatic heterocycles. The van der Waals surface area contributed by atoms with Crippen LogP contribution in [-0.4, -0.2) is 37.9 Å². The van der Waals surface area contributed by atoms with Crippen molar-refractivity contribution < 1.29 is 4.79 Å². The molecule has 40 heavy (non-hydrogen) atoms. The van der Waals surface area contributed by atoms with Gasteiger partial charge in [0.1, 0.15) is 11.6 Å². The predicted octanol–water partition coefficient (Wildman–Crippen LogP) is 5.03. The highest BCUT2D eigenvalue weighted by molar-refractivity contribution is 5.97. The second-order valence-corrected chi connectivity index (χ2v) is 9.99. The first-order chi connectivity index (χ1) is 19.4. The Labute approximate surface area is 230 Å². The molecule has 0 spiro atoms. The molecule has 0 radical (unpaired) electrons. The van der Waals surface area contributed by atoms with Crippen molar-refractivity contribution in [1.82, 2.24) is 24.8 Å². The number of nitrogens with two attached hydrogens (primary N) is 1. The molecule has 0 bridgehead atoms. The molecule has 200 valence electrons. The Kier molecular flexibility index (Phi) is 6.39. The lowest BCUT2D eigenvalue weighted by Crippen LogP contribution is -2.25. The van der Waals surface area contributed by atoms with Gasteiger partial charge in [-0.25, -0.2) is 9.97 Å². The Morgan fingerprint density at radius 3 is 2.70 bits per heavy atom. The second kappa shape index (κ2) is 10.2. The molecule has 1 amide bonds. The molecule has 6 N–H and O–H groups in total. The van der Waals surface area contributed by atoms with Crippen molar-refractivity contribution in [3.8, 4) is 0 Å². The number of amides is 1. The number of carbonyl (C=O) groups excluding carboxylic acids is 1. The van der Waals surface area contributed by atoms with E-state index in [0.29, 0.717) is 17.8 Å². The summed E-state index contributed by atoms with van der Waals surface area (Å²) < 4.78 is 2.02. The standard InChI is InChI=1S/C31H30N8O/c1-18(28-36-24-13-11-22(35-31(32)33)17-26(24)37-28)29-38-25-12-10-21(16-27(25)39(29)2)30(40)34-15-14-20-8-5-7-19-6-3-4-9-23(19)20/h3-13,16-18H,14-15H2,1-2H3,(H,34,40)(H,36,37)(H4,32,33,35). The molecule has 0 aliphatic carbocycles. The number of aromatic nitrogens is 4. The Morgan fingerprint density at radius 1 is 1.02 bits per heavy atom. The van der Waals surface area contributed by atoms with E-state index in [9.17, 15) is 4.79 Å². The van der Waals surface area contributed by atoms with Crippen LogP contribution in [0.1, 0.15) is 40.4 Å². The van der Waals surface area contributed by atoms with Crippen molar-refractivity contribution in [2.75, 3.05) is 11.9 Å². The number of nitrogens with zero attached hydrogens (tertiary/aromatic N) is 3. The molecule has 0 fully saturated rings. The zero-order chi connectivity index (χ0) is 27.8. The molecule has 1 atom stereocenters. The summed E-state index contributed by atoms with van der Waals surface area (Å²) >= 11 is 0. The Morgan fingerprint density at radius 2 is 1.85 bits per heavy atom. The van der Waals surface area contributed by atoms with E-state index >= 15 is 0 Å². The number of anilines is 1. The fourth-order valence-electron chi connectivity index (χ4n) is 5.25. The summed E-state index contributed by atoms with van der Waals surface area (Å²) in [6, 6.07) is 25.8. The highest BCUT2D eigenvalue weighted by atomic mass is 16.1. The average molecular weight is 531 g/mol. The first-order valence-corrected chi connectivity index (χ1v) is 13.2. The molecule has 9 nitrogen and oxygen atoms in total. The van der Waals surface area contributed by atoms with Gasteiger partial charge in [0.2, 0.25) is 0 Å². The number of aryl methyl sites for hydroxylation is 1. The summed E-state index contributed by atoms with van der Waals surface area (Å²) in [4.78, 5) is 26.0. The summed E-state index contributed by atoms with van der Waals surface area (Å²) in [5.41, 5.74) is 11.3. The summed E-state index contributed by atoms with van der Waals surface area (Å²) in [6.07, 6.45) is 0.756. The first-order valence-electron chi connectivity index (χ1n) is 13.2. The lowest BCUT2D eigenvalue weighted by atomic mass is 10.0. The van der Waals surface area contributed by atoms with E-state index in [1.54, 1.807) is 0 Å². The third kappa shape index (κ3) is 4.73. The fraction of sp³-hybridized carbons (Fsp3) is 0.161. The normalized spacial score (nSPS) is 12.2. The lowest BCUT2D eigenvalue weighted by Gasteiger charge is -2.09. The fourth-order valence-corrected chi connectivity index (χ4v) is 5.25.